The van der Waals surface area contributed by atoms with Crippen LogP contribution in [0.3, 0.4) is 0 Å². The Kier molecular flexibility index (Phi) is 6.56. The van der Waals surface area contributed by atoms with E-state index in [2.05, 4.69) is 0 Å². The number of sulfonamides is 1. The van der Waals surface area contributed by atoms with Crippen molar-refractivity contribution in [3.63, 3.8) is 0 Å². The van der Waals surface area contributed by atoms with Crippen molar-refractivity contribution >= 4 is 27.5 Å². The summed E-state index contributed by atoms with van der Waals surface area (Å²) in [5, 5.41) is 0. The van der Waals surface area contributed by atoms with E-state index in [9.17, 15) is 18.0 Å². The first-order valence-electron chi connectivity index (χ1n) is 10.5. The summed E-state index contributed by atoms with van der Waals surface area (Å²) >= 11 is 0. The van der Waals surface area contributed by atoms with E-state index < -0.39 is 28.4 Å². The molecule has 0 N–H and O–H groups in total. The molecule has 0 saturated heterocycles. The second-order valence-electron chi connectivity index (χ2n) is 7.55. The van der Waals surface area contributed by atoms with Crippen LogP contribution in [-0.4, -0.2) is 47.5 Å². The van der Waals surface area contributed by atoms with Crippen LogP contribution in [0.1, 0.15) is 26.3 Å². The Hall–Kier alpha value is -3.85. The number of carbonyl (C=O) groups is 2. The number of Topliss-reactive ketones (excluding diaryl/α,β-unsaturated/α-hetero) is 1. The summed E-state index contributed by atoms with van der Waals surface area (Å²) in [4.78, 5) is 25.2. The van der Waals surface area contributed by atoms with Crippen LogP contribution in [0.5, 0.6) is 11.5 Å². The molecule has 1 aliphatic rings. The highest BCUT2D eigenvalue weighted by Gasteiger charge is 2.32. The monoisotopic (exact) mass is 481 g/mol. The predicted octanol–water partition coefficient (Wildman–Crippen LogP) is 3.49. The van der Waals surface area contributed by atoms with Gasteiger partial charge in [-0.15, -0.1) is 0 Å². The van der Waals surface area contributed by atoms with Crippen molar-refractivity contribution in [2.24, 2.45) is 0 Å². The average molecular weight is 482 g/mol. The molecule has 0 spiro atoms. The van der Waals surface area contributed by atoms with E-state index in [4.69, 9.17) is 14.2 Å². The molecule has 0 fully saturated rings. The zero-order valence-corrected chi connectivity index (χ0v) is 19.5. The van der Waals surface area contributed by atoms with Crippen LogP contribution in [0.4, 0.5) is 5.69 Å². The average Bonchev–Trinajstić information content (AvgIpc) is 3.31. The largest absolute Gasteiger partial charge is 0.497 e. The molecule has 1 aliphatic heterocycles. The molecule has 8 nitrogen and oxygen atoms in total. The molecule has 176 valence electrons. The van der Waals surface area contributed by atoms with E-state index in [-0.39, 0.29) is 16.2 Å². The number of ether oxygens (including phenoxy) is 3. The normalized spacial score (nSPS) is 12.7. The fraction of sp³-hybridized carbons (Fsp3) is 0.200. The summed E-state index contributed by atoms with van der Waals surface area (Å²) in [6.07, 6.45) is 0.604. The highest BCUT2D eigenvalue weighted by Crippen LogP contribution is 2.34. The number of methoxy groups -OCH3 is 2. The van der Waals surface area contributed by atoms with E-state index in [0.717, 1.165) is 5.56 Å². The van der Waals surface area contributed by atoms with Crippen LogP contribution in [0.15, 0.2) is 71.6 Å². The van der Waals surface area contributed by atoms with E-state index in [1.807, 2.05) is 12.1 Å². The quantitative estimate of drug-likeness (QED) is 0.359. The van der Waals surface area contributed by atoms with E-state index in [1.165, 1.54) is 42.8 Å². The third-order valence-corrected chi connectivity index (χ3v) is 7.36. The second kappa shape index (κ2) is 9.56. The molecular formula is C25H23NO7S. The number of esters is 1. The molecule has 1 heterocycles. The molecular weight excluding hydrogens is 458 g/mol. The van der Waals surface area contributed by atoms with E-state index in [1.54, 1.807) is 30.3 Å². The number of rotatable bonds is 8. The molecule has 4 rings (SSSR count). The minimum absolute atomic E-state index is 0.0731. The third-order valence-electron chi connectivity index (χ3n) is 5.55. The zero-order chi connectivity index (χ0) is 24.3. The third kappa shape index (κ3) is 4.47. The van der Waals surface area contributed by atoms with Crippen LogP contribution in [0.2, 0.25) is 0 Å². The lowest BCUT2D eigenvalue weighted by molar-refractivity contribution is 0.0471. The Morgan fingerprint density at radius 2 is 1.74 bits per heavy atom. The molecule has 0 saturated carbocycles. The van der Waals surface area contributed by atoms with Gasteiger partial charge < -0.3 is 14.2 Å². The Morgan fingerprint density at radius 1 is 0.941 bits per heavy atom. The lowest BCUT2D eigenvalue weighted by Gasteiger charge is -2.20. The van der Waals surface area contributed by atoms with Gasteiger partial charge in [-0.25, -0.2) is 13.2 Å². The van der Waals surface area contributed by atoms with Crippen molar-refractivity contribution in [1.29, 1.82) is 0 Å². The summed E-state index contributed by atoms with van der Waals surface area (Å²) in [5.74, 6) is -0.657. The maximum Gasteiger partial charge on any atom is 0.342 e. The van der Waals surface area contributed by atoms with Crippen molar-refractivity contribution in [3.05, 3.63) is 83.4 Å². The Labute approximate surface area is 197 Å². The number of fused-ring (bicyclic) bond motifs is 1. The molecule has 0 amide bonds. The number of hydrogen-bond acceptors (Lipinski definition) is 7. The number of anilines is 1. The van der Waals surface area contributed by atoms with Gasteiger partial charge in [0.1, 0.15) is 17.1 Å². The molecule has 3 aromatic rings. The molecule has 0 bridgehead atoms. The Balaban J connectivity index is 1.56. The number of para-hydroxylation sites is 1. The van der Waals surface area contributed by atoms with Gasteiger partial charge in [-0.1, -0.05) is 30.3 Å². The SMILES string of the molecule is COc1cccc(C(=O)COC(=O)c2cc(S(=O)(=O)N3CCc4ccccc43)ccc2OC)c1. The molecule has 0 aromatic heterocycles. The van der Waals surface area contributed by atoms with Crippen molar-refractivity contribution in [2.45, 2.75) is 11.3 Å². The van der Waals surface area contributed by atoms with Crippen molar-refractivity contribution in [2.75, 3.05) is 31.7 Å². The van der Waals surface area contributed by atoms with Crippen LogP contribution in [-0.2, 0) is 21.2 Å². The van der Waals surface area contributed by atoms with Gasteiger partial charge in [0.15, 0.2) is 12.4 Å². The van der Waals surface area contributed by atoms with Gasteiger partial charge in [-0.05, 0) is 48.4 Å². The molecule has 34 heavy (non-hydrogen) atoms. The fourth-order valence-electron chi connectivity index (χ4n) is 3.78. The molecule has 9 heteroatoms. The number of nitrogens with zero attached hydrogens (tertiary/aromatic N) is 1. The van der Waals surface area contributed by atoms with Gasteiger partial charge in [0, 0.05) is 12.1 Å². The minimum atomic E-state index is -3.93. The summed E-state index contributed by atoms with van der Waals surface area (Å²) in [5.41, 5.74) is 1.79. The van der Waals surface area contributed by atoms with Crippen LogP contribution >= 0.6 is 0 Å². The summed E-state index contributed by atoms with van der Waals surface area (Å²) in [6.45, 7) is -0.214. The highest BCUT2D eigenvalue weighted by molar-refractivity contribution is 7.92. The van der Waals surface area contributed by atoms with Crippen molar-refractivity contribution in [3.8, 4) is 11.5 Å². The molecule has 0 unspecified atom stereocenters. The number of hydrogen-bond donors (Lipinski definition) is 0. The van der Waals surface area contributed by atoms with Gasteiger partial charge >= 0.3 is 5.97 Å². The lowest BCUT2D eigenvalue weighted by Crippen LogP contribution is -2.29. The fourth-order valence-corrected chi connectivity index (χ4v) is 5.31. The Morgan fingerprint density at radius 3 is 2.50 bits per heavy atom. The summed E-state index contributed by atoms with van der Waals surface area (Å²) < 4.78 is 43.5. The molecule has 0 radical (unpaired) electrons. The summed E-state index contributed by atoms with van der Waals surface area (Å²) in [7, 11) is -1.08. The first-order valence-corrected chi connectivity index (χ1v) is 11.9. The highest BCUT2D eigenvalue weighted by atomic mass is 32.2. The van der Waals surface area contributed by atoms with Gasteiger partial charge in [0.2, 0.25) is 0 Å². The van der Waals surface area contributed by atoms with Crippen LogP contribution in [0, 0.1) is 0 Å². The van der Waals surface area contributed by atoms with E-state index >= 15 is 0 Å². The lowest BCUT2D eigenvalue weighted by atomic mass is 10.1. The first-order chi connectivity index (χ1) is 16.3. The number of ketones is 1. The molecule has 0 aliphatic carbocycles. The van der Waals surface area contributed by atoms with Crippen LogP contribution < -0.4 is 13.8 Å². The van der Waals surface area contributed by atoms with E-state index in [0.29, 0.717) is 30.0 Å². The van der Waals surface area contributed by atoms with Gasteiger partial charge in [-0.3, -0.25) is 9.10 Å². The van der Waals surface area contributed by atoms with Gasteiger partial charge in [0.05, 0.1) is 24.8 Å². The zero-order valence-electron chi connectivity index (χ0n) is 18.7. The first kappa shape index (κ1) is 23.3. The standard InChI is InChI=1S/C25H23NO7S/c1-31-19-8-5-7-18(14-19)23(27)16-33-25(28)21-15-20(10-11-24(21)32-2)34(29,30)26-13-12-17-6-3-4-9-22(17)26/h3-11,14-15H,12-13,16H2,1-2H3. The van der Waals surface area contributed by atoms with Crippen molar-refractivity contribution < 1.29 is 32.2 Å². The van der Waals surface area contributed by atoms with Crippen molar-refractivity contribution in [1.82, 2.24) is 0 Å². The summed E-state index contributed by atoms with van der Waals surface area (Å²) in [6, 6.07) is 17.8. The maximum atomic E-state index is 13.4. The maximum absolute atomic E-state index is 13.4. The van der Waals surface area contributed by atoms with Crippen LogP contribution in [0.25, 0.3) is 0 Å². The Bertz CT molecular complexity index is 1350. The van der Waals surface area contributed by atoms with Gasteiger partial charge in [-0.2, -0.15) is 0 Å². The minimum Gasteiger partial charge on any atom is -0.497 e. The predicted molar refractivity (Wildman–Crippen MR) is 125 cm³/mol. The molecule has 0 atom stereocenters. The number of carbonyl (C=O) groups excluding carboxylic acids is 2. The van der Waals surface area contributed by atoms with Gasteiger partial charge in [0.25, 0.3) is 10.0 Å². The smallest absolute Gasteiger partial charge is 0.342 e. The number of benzene rings is 3. The topological polar surface area (TPSA) is 99.2 Å². The second-order valence-corrected chi connectivity index (χ2v) is 9.41. The molecule has 3 aromatic carbocycles.